The van der Waals surface area contributed by atoms with E-state index in [0.29, 0.717) is 35.6 Å². The van der Waals surface area contributed by atoms with Gasteiger partial charge >= 0.3 is 5.97 Å². The number of carbonyl (C=O) groups excluding carboxylic acids is 2. The zero-order chi connectivity index (χ0) is 32.0. The molecule has 0 bridgehead atoms. The fourth-order valence-corrected chi connectivity index (χ4v) is 7.13. The van der Waals surface area contributed by atoms with Crippen molar-refractivity contribution in [1.82, 2.24) is 9.80 Å². The molecule has 2 unspecified atom stereocenters. The number of ether oxygens (including phenoxy) is 1. The van der Waals surface area contributed by atoms with Gasteiger partial charge in [0.05, 0.1) is 23.4 Å². The number of nitrogens with zero attached hydrogens (tertiary/aromatic N) is 4. The second kappa shape index (κ2) is 14.0. The van der Waals surface area contributed by atoms with Crippen LogP contribution in [0.5, 0.6) is 0 Å². The summed E-state index contributed by atoms with van der Waals surface area (Å²) in [5.74, 6) is -1.98. The summed E-state index contributed by atoms with van der Waals surface area (Å²) in [6, 6.07) is 27.7. The molecule has 1 fully saturated rings. The van der Waals surface area contributed by atoms with Gasteiger partial charge in [0.15, 0.2) is 0 Å². The summed E-state index contributed by atoms with van der Waals surface area (Å²) in [5.41, 5.74) is 4.82. The number of allylic oxidation sites excluding steroid dienone is 2. The van der Waals surface area contributed by atoms with Gasteiger partial charge in [-0.2, -0.15) is 0 Å². The number of carbonyl (C=O) groups is 2. The van der Waals surface area contributed by atoms with E-state index in [1.807, 2.05) is 6.92 Å². The van der Waals surface area contributed by atoms with E-state index in [0.717, 1.165) is 38.9 Å². The van der Waals surface area contributed by atoms with Gasteiger partial charge in [-0.25, -0.2) is 0 Å². The van der Waals surface area contributed by atoms with Gasteiger partial charge in [-0.3, -0.25) is 24.7 Å². The molecule has 3 aromatic carbocycles. The minimum Gasteiger partial charge on any atom is -0.468 e. The van der Waals surface area contributed by atoms with Crippen LogP contribution in [0.25, 0.3) is 0 Å². The van der Waals surface area contributed by atoms with Crippen LogP contribution in [-0.4, -0.2) is 66.1 Å². The first kappa shape index (κ1) is 31.8. The van der Waals surface area contributed by atoms with Crippen molar-refractivity contribution in [3.05, 3.63) is 123 Å². The highest BCUT2D eigenvalue weighted by Crippen LogP contribution is 2.43. The lowest BCUT2D eigenvalue weighted by atomic mass is 9.68. The number of amides is 1. The first-order chi connectivity index (χ1) is 21.8. The molecule has 2 heterocycles. The molecule has 3 aromatic rings. The van der Waals surface area contributed by atoms with Crippen LogP contribution in [0.1, 0.15) is 55.7 Å². The van der Waals surface area contributed by atoms with Crippen LogP contribution in [0.15, 0.2) is 101 Å². The van der Waals surface area contributed by atoms with Crippen LogP contribution in [0, 0.1) is 16.0 Å². The Morgan fingerprint density at radius 3 is 2.20 bits per heavy atom. The molecule has 2 aliphatic rings. The third-order valence-electron chi connectivity index (χ3n) is 9.36. The summed E-state index contributed by atoms with van der Waals surface area (Å²) in [7, 11) is 1.31. The van der Waals surface area contributed by atoms with Crippen molar-refractivity contribution in [3.63, 3.8) is 0 Å². The van der Waals surface area contributed by atoms with Crippen molar-refractivity contribution in [2.24, 2.45) is 10.9 Å². The van der Waals surface area contributed by atoms with Crippen LogP contribution in [-0.2, 0) is 19.7 Å². The molecule has 2 aliphatic heterocycles. The third kappa shape index (κ3) is 6.59. The van der Waals surface area contributed by atoms with Gasteiger partial charge in [0.2, 0.25) is 6.41 Å². The van der Waals surface area contributed by atoms with Crippen LogP contribution < -0.4 is 0 Å². The number of hydrogen-bond acceptors (Lipinski definition) is 7. The molecule has 0 aromatic heterocycles. The number of nitro benzene ring substituents is 1. The molecule has 0 spiro atoms. The quantitative estimate of drug-likeness (QED) is 0.113. The Bertz CT molecular complexity index is 1540. The molecular formula is C36H40N4O5. The molecule has 1 amide bonds. The molecule has 5 rings (SSSR count). The number of methoxy groups -OCH3 is 1. The van der Waals surface area contributed by atoms with Crippen molar-refractivity contribution in [2.75, 3.05) is 33.3 Å². The highest BCUT2D eigenvalue weighted by molar-refractivity contribution is 6.03. The maximum absolute atomic E-state index is 13.0. The Kier molecular flexibility index (Phi) is 9.88. The zero-order valence-electron chi connectivity index (χ0n) is 26.1. The summed E-state index contributed by atoms with van der Waals surface area (Å²) >= 11 is 0. The lowest BCUT2D eigenvalue weighted by Crippen LogP contribution is -2.44. The fraction of sp³-hybridized carbons (Fsp3) is 0.361. The van der Waals surface area contributed by atoms with E-state index in [2.05, 4.69) is 70.6 Å². The number of aliphatic imine (C=N–C) groups is 1. The van der Waals surface area contributed by atoms with Gasteiger partial charge in [0.1, 0.15) is 5.92 Å². The van der Waals surface area contributed by atoms with Crippen molar-refractivity contribution in [2.45, 2.75) is 44.4 Å². The second-order valence-corrected chi connectivity index (χ2v) is 11.9. The number of likely N-dealkylation sites (tertiary alicyclic amines) is 1. The van der Waals surface area contributed by atoms with E-state index in [1.54, 1.807) is 24.0 Å². The number of nitro groups is 1. The summed E-state index contributed by atoms with van der Waals surface area (Å²) in [4.78, 5) is 45.5. The number of piperidine rings is 1. The Labute approximate surface area is 264 Å². The van der Waals surface area contributed by atoms with Crippen LogP contribution in [0.4, 0.5) is 5.69 Å². The van der Waals surface area contributed by atoms with Gasteiger partial charge in [0.25, 0.3) is 5.69 Å². The molecule has 0 saturated carbocycles. The van der Waals surface area contributed by atoms with Crippen LogP contribution in [0.2, 0.25) is 0 Å². The van der Waals surface area contributed by atoms with Crippen molar-refractivity contribution in [1.29, 1.82) is 0 Å². The van der Waals surface area contributed by atoms with Gasteiger partial charge < -0.3 is 14.5 Å². The van der Waals surface area contributed by atoms with Gasteiger partial charge in [-0.1, -0.05) is 72.8 Å². The molecule has 9 heteroatoms. The number of esters is 1. The minimum absolute atomic E-state index is 0.0395. The third-order valence-corrected chi connectivity index (χ3v) is 9.36. The average Bonchev–Trinajstić information content (AvgIpc) is 3.07. The minimum atomic E-state index is -0.815. The first-order valence-corrected chi connectivity index (χ1v) is 15.4. The highest BCUT2D eigenvalue weighted by Gasteiger charge is 2.42. The average molecular weight is 609 g/mol. The molecule has 0 N–H and O–H groups in total. The van der Waals surface area contributed by atoms with Gasteiger partial charge in [0, 0.05) is 35.7 Å². The Hall–Kier alpha value is -4.63. The maximum atomic E-state index is 13.0. The highest BCUT2D eigenvalue weighted by atomic mass is 16.6. The van der Waals surface area contributed by atoms with E-state index in [1.165, 1.54) is 30.4 Å². The van der Waals surface area contributed by atoms with E-state index in [-0.39, 0.29) is 11.1 Å². The molecule has 234 valence electrons. The standard InChI is InChI=1S/C36H40N4O5/c1-26-32(35(42)45-3)33(28-12-10-17-31(24-28)40(43)44)34(27(2)37-26)39(25-41)21-11-20-38-22-18-36(19-23-38,29-13-6-4-7-14-29)30-15-8-5-9-16-30/h4-10,12-17,24-25,32-33H,11,18-23H2,1-3H3. The number of benzene rings is 3. The number of hydrogen-bond donors (Lipinski definition) is 0. The van der Waals surface area contributed by atoms with Gasteiger partial charge in [-0.15, -0.1) is 0 Å². The van der Waals surface area contributed by atoms with Crippen molar-refractivity contribution in [3.8, 4) is 0 Å². The zero-order valence-corrected chi connectivity index (χ0v) is 26.1. The predicted octanol–water partition coefficient (Wildman–Crippen LogP) is 6.10. The molecule has 45 heavy (non-hydrogen) atoms. The second-order valence-electron chi connectivity index (χ2n) is 11.9. The Morgan fingerprint density at radius 1 is 1.02 bits per heavy atom. The summed E-state index contributed by atoms with van der Waals surface area (Å²) < 4.78 is 5.14. The van der Waals surface area contributed by atoms with E-state index in [9.17, 15) is 19.7 Å². The largest absolute Gasteiger partial charge is 0.468 e. The molecule has 0 aliphatic carbocycles. The lowest BCUT2D eigenvalue weighted by molar-refractivity contribution is -0.384. The first-order valence-electron chi connectivity index (χ1n) is 15.4. The monoisotopic (exact) mass is 608 g/mol. The fourth-order valence-electron chi connectivity index (χ4n) is 7.13. The topological polar surface area (TPSA) is 105 Å². The van der Waals surface area contributed by atoms with E-state index < -0.39 is 22.7 Å². The normalized spacial score (nSPS) is 19.8. The Balaban J connectivity index is 1.33. The maximum Gasteiger partial charge on any atom is 0.315 e. The SMILES string of the molecule is COC(=O)C1C(C)=NC(C)=C(N(C=O)CCCN2CCC(c3ccccc3)(c3ccccc3)CC2)C1c1cccc([N+](=O)[O-])c1. The molecule has 1 saturated heterocycles. The lowest BCUT2D eigenvalue weighted by Gasteiger charge is -2.43. The van der Waals surface area contributed by atoms with Gasteiger partial charge in [-0.05, 0) is 69.4 Å². The molecule has 2 atom stereocenters. The summed E-state index contributed by atoms with van der Waals surface area (Å²) in [5, 5.41) is 11.6. The van der Waals surface area contributed by atoms with Crippen molar-refractivity contribution >= 4 is 23.8 Å². The van der Waals surface area contributed by atoms with Crippen molar-refractivity contribution < 1.29 is 19.2 Å². The molecule has 9 nitrogen and oxygen atoms in total. The Morgan fingerprint density at radius 2 is 1.64 bits per heavy atom. The number of rotatable bonds is 11. The predicted molar refractivity (Wildman–Crippen MR) is 174 cm³/mol. The van der Waals surface area contributed by atoms with Crippen LogP contribution in [0.3, 0.4) is 0 Å². The summed E-state index contributed by atoms with van der Waals surface area (Å²) in [6.07, 6.45) is 3.48. The molecule has 0 radical (unpaired) electrons. The van der Waals surface area contributed by atoms with E-state index in [4.69, 9.17) is 4.74 Å². The number of non-ortho nitro benzene ring substituents is 1. The summed E-state index contributed by atoms with van der Waals surface area (Å²) in [6.45, 7) is 6.64. The molecular weight excluding hydrogens is 568 g/mol. The van der Waals surface area contributed by atoms with E-state index >= 15 is 0 Å². The van der Waals surface area contributed by atoms with Crippen LogP contribution >= 0.6 is 0 Å². The smallest absolute Gasteiger partial charge is 0.315 e.